The molecule has 0 N–H and O–H groups in total. The molecular weight excluding hydrogens is 556 g/mol. The van der Waals surface area contributed by atoms with Gasteiger partial charge in [0, 0.05) is 19.3 Å². The fourth-order valence-electron chi connectivity index (χ4n) is 4.67. The fourth-order valence-corrected chi connectivity index (χ4v) is 4.67. The lowest BCUT2D eigenvalue weighted by Gasteiger charge is -2.33. The second-order valence-electron chi connectivity index (χ2n) is 10.8. The van der Waals surface area contributed by atoms with E-state index in [0.29, 0.717) is 24.0 Å². The number of halogens is 6. The first-order valence-electron chi connectivity index (χ1n) is 12.7. The Morgan fingerprint density at radius 3 is 2.34 bits per heavy atom. The summed E-state index contributed by atoms with van der Waals surface area (Å²) in [6.07, 6.45) is -8.31. The largest absolute Gasteiger partial charge is 0.443 e. The van der Waals surface area contributed by atoms with Crippen molar-refractivity contribution in [2.75, 3.05) is 16.3 Å². The molecule has 222 valence electrons. The quantitative estimate of drug-likeness (QED) is 0.335. The number of carbonyl (C=O) groups is 1. The van der Waals surface area contributed by atoms with Gasteiger partial charge >= 0.3 is 18.4 Å². The summed E-state index contributed by atoms with van der Waals surface area (Å²) in [6, 6.07) is 3.75. The number of benzene rings is 1. The van der Waals surface area contributed by atoms with Crippen molar-refractivity contribution in [3.8, 4) is 0 Å². The Kier molecular flexibility index (Phi) is 7.93. The van der Waals surface area contributed by atoms with Crippen LogP contribution in [-0.4, -0.2) is 43.4 Å². The number of alkyl halides is 6. The first-order valence-corrected chi connectivity index (χ1v) is 12.7. The standard InChI is InChI=1S/C26H29F6N7O2/c1-15-11-17-19(7-6-10-38(23(40)41-24(2,3)4)20(17)12-18(15)25(27,28)29)39(22-34-36-37(5)35-22)14-16-8-9-21(33-13-16)26(30,31)32/h8-9,11-13,19H,6-7,10,14H2,1-5H3/t19-/m0/s1. The van der Waals surface area contributed by atoms with Gasteiger partial charge in [-0.2, -0.15) is 31.1 Å². The Morgan fingerprint density at radius 2 is 1.80 bits per heavy atom. The number of ether oxygens (including phenoxy) is 1. The average molecular weight is 586 g/mol. The van der Waals surface area contributed by atoms with Crippen LogP contribution in [0.1, 0.15) is 67.6 Å². The van der Waals surface area contributed by atoms with Gasteiger partial charge in [0.2, 0.25) is 0 Å². The molecule has 3 heterocycles. The van der Waals surface area contributed by atoms with Crippen LogP contribution < -0.4 is 9.80 Å². The van der Waals surface area contributed by atoms with Crippen LogP contribution in [0.4, 0.5) is 42.8 Å². The van der Waals surface area contributed by atoms with Gasteiger partial charge in [0.1, 0.15) is 11.3 Å². The molecule has 15 heteroatoms. The lowest BCUT2D eigenvalue weighted by molar-refractivity contribution is -0.141. The SMILES string of the molecule is Cc1cc2c(cc1C(F)(F)F)N(C(=O)OC(C)(C)C)CCC[C@@H]2N(Cc1ccc(C(F)(F)F)nc1)c1nnn(C)n1. The fraction of sp³-hybridized carbons (Fsp3) is 0.500. The van der Waals surface area contributed by atoms with Crippen LogP contribution in [0.3, 0.4) is 0 Å². The number of fused-ring (bicyclic) bond motifs is 1. The third-order valence-electron chi connectivity index (χ3n) is 6.40. The maximum absolute atomic E-state index is 14.0. The number of amides is 1. The molecule has 3 aromatic rings. The molecule has 0 saturated carbocycles. The summed E-state index contributed by atoms with van der Waals surface area (Å²) in [5, 5.41) is 12.2. The summed E-state index contributed by atoms with van der Waals surface area (Å²) in [5.41, 5.74) is -2.15. The number of anilines is 2. The maximum Gasteiger partial charge on any atom is 0.433 e. The average Bonchev–Trinajstić information content (AvgIpc) is 3.18. The smallest absolute Gasteiger partial charge is 0.433 e. The molecule has 0 fully saturated rings. The second kappa shape index (κ2) is 10.8. The molecule has 41 heavy (non-hydrogen) atoms. The van der Waals surface area contributed by atoms with Gasteiger partial charge in [0.25, 0.3) is 5.95 Å². The van der Waals surface area contributed by atoms with Crippen molar-refractivity contribution in [3.63, 3.8) is 0 Å². The molecule has 0 spiro atoms. The van der Waals surface area contributed by atoms with Crippen LogP contribution >= 0.6 is 0 Å². The number of pyridine rings is 1. The number of aromatic nitrogens is 5. The lowest BCUT2D eigenvalue weighted by Crippen LogP contribution is -2.37. The third-order valence-corrected chi connectivity index (χ3v) is 6.40. The first-order chi connectivity index (χ1) is 18.9. The molecule has 0 radical (unpaired) electrons. The van der Waals surface area contributed by atoms with E-state index in [1.54, 1.807) is 25.7 Å². The van der Waals surface area contributed by atoms with E-state index in [1.165, 1.54) is 35.8 Å². The predicted octanol–water partition coefficient (Wildman–Crippen LogP) is 6.23. The van der Waals surface area contributed by atoms with Crippen molar-refractivity contribution >= 4 is 17.7 Å². The molecule has 0 unspecified atom stereocenters. The van der Waals surface area contributed by atoms with Crippen LogP contribution in [0.25, 0.3) is 0 Å². The normalized spacial score (nSPS) is 16.3. The molecule has 0 bridgehead atoms. The molecule has 1 amide bonds. The predicted molar refractivity (Wildman–Crippen MR) is 136 cm³/mol. The highest BCUT2D eigenvalue weighted by atomic mass is 19.4. The highest BCUT2D eigenvalue weighted by Gasteiger charge is 2.39. The van der Waals surface area contributed by atoms with Gasteiger partial charge in [0.05, 0.1) is 24.3 Å². The summed E-state index contributed by atoms with van der Waals surface area (Å²) in [7, 11) is 1.53. The van der Waals surface area contributed by atoms with Crippen LogP contribution in [0.2, 0.25) is 0 Å². The summed E-state index contributed by atoms with van der Waals surface area (Å²) in [5.74, 6) is 0.103. The van der Waals surface area contributed by atoms with Gasteiger partial charge in [-0.25, -0.2) is 4.79 Å². The molecule has 9 nitrogen and oxygen atoms in total. The highest BCUT2D eigenvalue weighted by Crippen LogP contribution is 2.44. The van der Waals surface area contributed by atoms with E-state index in [-0.39, 0.29) is 30.3 Å². The van der Waals surface area contributed by atoms with Crippen LogP contribution in [0.5, 0.6) is 0 Å². The minimum absolute atomic E-state index is 0.0131. The van der Waals surface area contributed by atoms with Gasteiger partial charge in [-0.1, -0.05) is 17.2 Å². The minimum Gasteiger partial charge on any atom is -0.443 e. The lowest BCUT2D eigenvalue weighted by atomic mass is 9.94. The molecule has 1 aliphatic heterocycles. The summed E-state index contributed by atoms with van der Waals surface area (Å²) in [4.78, 5) is 20.7. The van der Waals surface area contributed by atoms with Crippen LogP contribution in [0, 0.1) is 6.92 Å². The van der Waals surface area contributed by atoms with E-state index in [0.717, 1.165) is 18.3 Å². The number of hydrogen-bond acceptors (Lipinski definition) is 7. The molecule has 1 atom stereocenters. The summed E-state index contributed by atoms with van der Waals surface area (Å²) in [6.45, 7) is 6.33. The van der Waals surface area contributed by atoms with E-state index < -0.39 is 41.3 Å². The second-order valence-corrected chi connectivity index (χ2v) is 10.8. The highest BCUT2D eigenvalue weighted by molar-refractivity contribution is 5.90. The Labute approximate surface area is 232 Å². The van der Waals surface area contributed by atoms with E-state index >= 15 is 0 Å². The van der Waals surface area contributed by atoms with Crippen molar-refractivity contribution in [2.45, 2.75) is 71.1 Å². The minimum atomic E-state index is -4.68. The summed E-state index contributed by atoms with van der Waals surface area (Å²) >= 11 is 0. The Morgan fingerprint density at radius 1 is 1.10 bits per heavy atom. The first kappa shape index (κ1) is 30.1. The van der Waals surface area contributed by atoms with E-state index in [9.17, 15) is 31.1 Å². The molecule has 0 saturated heterocycles. The van der Waals surface area contributed by atoms with Gasteiger partial charge in [0.15, 0.2) is 0 Å². The Bertz CT molecular complexity index is 1400. The van der Waals surface area contributed by atoms with Crippen LogP contribution in [-0.2, 0) is 30.7 Å². The number of hydrogen-bond donors (Lipinski definition) is 0. The van der Waals surface area contributed by atoms with E-state index in [1.807, 2.05) is 0 Å². The zero-order valence-electron chi connectivity index (χ0n) is 23.0. The maximum atomic E-state index is 14.0. The Balaban J connectivity index is 1.85. The summed E-state index contributed by atoms with van der Waals surface area (Å²) < 4.78 is 86.7. The topological polar surface area (TPSA) is 89.3 Å². The van der Waals surface area contributed by atoms with Crippen molar-refractivity contribution < 1.29 is 35.9 Å². The van der Waals surface area contributed by atoms with E-state index in [2.05, 4.69) is 20.4 Å². The Hall–Kier alpha value is -3.91. The van der Waals surface area contributed by atoms with Crippen molar-refractivity contribution in [1.82, 2.24) is 25.2 Å². The number of nitrogens with zero attached hydrogens (tertiary/aromatic N) is 7. The number of rotatable bonds is 4. The van der Waals surface area contributed by atoms with Crippen LogP contribution in [0.15, 0.2) is 30.5 Å². The zero-order valence-corrected chi connectivity index (χ0v) is 23.0. The molecule has 1 aromatic carbocycles. The molecule has 2 aromatic heterocycles. The zero-order chi connectivity index (χ0) is 30.3. The van der Waals surface area contributed by atoms with Crippen molar-refractivity contribution in [1.29, 1.82) is 0 Å². The van der Waals surface area contributed by atoms with Crippen molar-refractivity contribution in [2.24, 2.45) is 7.05 Å². The van der Waals surface area contributed by atoms with E-state index in [4.69, 9.17) is 4.74 Å². The molecule has 1 aliphatic rings. The van der Waals surface area contributed by atoms with Gasteiger partial charge < -0.3 is 9.64 Å². The monoisotopic (exact) mass is 585 g/mol. The van der Waals surface area contributed by atoms with Gasteiger partial charge in [-0.05, 0) is 74.6 Å². The van der Waals surface area contributed by atoms with Gasteiger partial charge in [-0.3, -0.25) is 9.88 Å². The number of carbonyl (C=O) groups excluding carboxylic acids is 1. The number of tetrazole rings is 1. The molecule has 4 rings (SSSR count). The third kappa shape index (κ3) is 6.88. The van der Waals surface area contributed by atoms with Crippen molar-refractivity contribution in [3.05, 3.63) is 58.4 Å². The molecule has 0 aliphatic carbocycles. The molecular formula is C26H29F6N7O2. The van der Waals surface area contributed by atoms with Gasteiger partial charge in [-0.15, -0.1) is 5.10 Å². The number of aryl methyl sites for hydroxylation is 2.